The van der Waals surface area contributed by atoms with Crippen molar-refractivity contribution in [3.05, 3.63) is 71.3 Å². The van der Waals surface area contributed by atoms with Gasteiger partial charge in [0.2, 0.25) is 0 Å². The van der Waals surface area contributed by atoms with Crippen LogP contribution in [0.15, 0.2) is 54.6 Å². The van der Waals surface area contributed by atoms with Crippen LogP contribution in [0.5, 0.6) is 0 Å². The second-order valence-electron chi connectivity index (χ2n) is 6.21. The van der Waals surface area contributed by atoms with E-state index < -0.39 is 0 Å². The molecule has 2 amide bonds. The number of fused-ring (bicyclic) bond motifs is 1. The van der Waals surface area contributed by atoms with Gasteiger partial charge in [0.15, 0.2) is 0 Å². The summed E-state index contributed by atoms with van der Waals surface area (Å²) in [6, 6.07) is 17.2. The Morgan fingerprint density at radius 1 is 0.840 bits per heavy atom. The highest BCUT2D eigenvalue weighted by molar-refractivity contribution is 6.21. The average molecular weight is 337 g/mol. The smallest absolute Gasteiger partial charge is 0.261 e. The fourth-order valence-corrected chi connectivity index (χ4v) is 3.19. The summed E-state index contributed by atoms with van der Waals surface area (Å²) < 4.78 is 0. The van der Waals surface area contributed by atoms with E-state index in [1.54, 1.807) is 24.3 Å². The first kappa shape index (κ1) is 17.3. The Bertz CT molecular complexity index is 711. The van der Waals surface area contributed by atoms with E-state index in [9.17, 15) is 9.59 Å². The Kier molecular flexibility index (Phi) is 5.58. The molecule has 0 unspecified atom stereocenters. The van der Waals surface area contributed by atoms with Gasteiger partial charge in [-0.3, -0.25) is 19.4 Å². The van der Waals surface area contributed by atoms with Crippen LogP contribution in [0.2, 0.25) is 0 Å². The molecule has 0 fully saturated rings. The van der Waals surface area contributed by atoms with Crippen LogP contribution in [-0.4, -0.2) is 47.8 Å². The van der Waals surface area contributed by atoms with E-state index in [0.717, 1.165) is 26.1 Å². The van der Waals surface area contributed by atoms with Crippen molar-refractivity contribution in [2.75, 3.05) is 26.2 Å². The van der Waals surface area contributed by atoms with E-state index in [4.69, 9.17) is 5.73 Å². The summed E-state index contributed by atoms with van der Waals surface area (Å²) in [7, 11) is 0. The number of rotatable bonds is 8. The highest BCUT2D eigenvalue weighted by atomic mass is 16.2. The molecule has 0 atom stereocenters. The molecule has 1 aliphatic rings. The van der Waals surface area contributed by atoms with Crippen molar-refractivity contribution in [3.8, 4) is 0 Å². The summed E-state index contributed by atoms with van der Waals surface area (Å²) in [5.74, 6) is -0.372. The molecule has 130 valence electrons. The molecule has 0 saturated carbocycles. The first-order chi connectivity index (χ1) is 12.2. The summed E-state index contributed by atoms with van der Waals surface area (Å²) in [6.45, 7) is 3.42. The van der Waals surface area contributed by atoms with Gasteiger partial charge in [0, 0.05) is 32.7 Å². The molecule has 5 heteroatoms. The van der Waals surface area contributed by atoms with Crippen LogP contribution in [0, 0.1) is 0 Å². The first-order valence-corrected chi connectivity index (χ1v) is 8.62. The summed E-state index contributed by atoms with van der Waals surface area (Å²) in [4.78, 5) is 28.4. The van der Waals surface area contributed by atoms with Gasteiger partial charge >= 0.3 is 0 Å². The fourth-order valence-electron chi connectivity index (χ4n) is 3.19. The van der Waals surface area contributed by atoms with Gasteiger partial charge in [0.25, 0.3) is 11.8 Å². The molecule has 0 aliphatic carbocycles. The predicted octanol–water partition coefficient (Wildman–Crippen LogP) is 2.13. The van der Waals surface area contributed by atoms with Crippen molar-refractivity contribution in [1.29, 1.82) is 0 Å². The number of hydrogen-bond acceptors (Lipinski definition) is 4. The molecule has 1 heterocycles. The number of carbonyl (C=O) groups excluding carboxylic acids is 2. The zero-order chi connectivity index (χ0) is 17.6. The van der Waals surface area contributed by atoms with Crippen molar-refractivity contribution in [2.24, 2.45) is 5.73 Å². The highest BCUT2D eigenvalue weighted by Crippen LogP contribution is 2.22. The summed E-state index contributed by atoms with van der Waals surface area (Å²) in [6.07, 6.45) is 0.734. The monoisotopic (exact) mass is 337 g/mol. The van der Waals surface area contributed by atoms with Crippen molar-refractivity contribution in [2.45, 2.75) is 13.0 Å². The lowest BCUT2D eigenvalue weighted by atomic mass is 10.1. The maximum Gasteiger partial charge on any atom is 0.261 e. The maximum atomic E-state index is 12.4. The molecule has 1 aliphatic heterocycles. The number of nitrogens with zero attached hydrogens (tertiary/aromatic N) is 2. The molecule has 2 aromatic carbocycles. The Labute approximate surface area is 148 Å². The quantitative estimate of drug-likeness (QED) is 0.750. The fraction of sp³-hybridized carbons (Fsp3) is 0.300. The minimum Gasteiger partial charge on any atom is -0.329 e. The second-order valence-corrected chi connectivity index (χ2v) is 6.21. The molecule has 0 saturated heterocycles. The predicted molar refractivity (Wildman–Crippen MR) is 97.2 cm³/mol. The molecular weight excluding hydrogens is 314 g/mol. The van der Waals surface area contributed by atoms with Gasteiger partial charge < -0.3 is 5.73 Å². The third kappa shape index (κ3) is 3.95. The Morgan fingerprint density at radius 2 is 1.44 bits per heavy atom. The van der Waals surface area contributed by atoms with Gasteiger partial charge in [0.05, 0.1) is 11.1 Å². The van der Waals surface area contributed by atoms with Crippen molar-refractivity contribution < 1.29 is 9.59 Å². The molecule has 2 aromatic rings. The second kappa shape index (κ2) is 8.05. The highest BCUT2D eigenvalue weighted by Gasteiger charge is 2.34. The lowest BCUT2D eigenvalue weighted by Gasteiger charge is -2.23. The number of amides is 2. The van der Waals surface area contributed by atoms with Crippen molar-refractivity contribution >= 4 is 11.8 Å². The number of hydrogen-bond donors (Lipinski definition) is 1. The molecule has 0 radical (unpaired) electrons. The van der Waals surface area contributed by atoms with Crippen molar-refractivity contribution in [3.63, 3.8) is 0 Å². The SMILES string of the molecule is NCCN(CCCN1C(=O)c2ccccc2C1=O)Cc1ccccc1. The summed E-state index contributed by atoms with van der Waals surface area (Å²) in [5.41, 5.74) is 7.97. The van der Waals surface area contributed by atoms with Gasteiger partial charge in [-0.15, -0.1) is 0 Å². The largest absolute Gasteiger partial charge is 0.329 e. The van der Waals surface area contributed by atoms with Crippen LogP contribution < -0.4 is 5.73 Å². The molecule has 5 nitrogen and oxygen atoms in total. The standard InChI is InChI=1S/C20H23N3O2/c21-11-14-22(15-16-7-2-1-3-8-16)12-6-13-23-19(24)17-9-4-5-10-18(17)20(23)25/h1-5,7-10H,6,11-15,21H2. The number of imide groups is 1. The van der Waals surface area contributed by atoms with Crippen LogP contribution in [-0.2, 0) is 6.54 Å². The van der Waals surface area contributed by atoms with Gasteiger partial charge in [-0.2, -0.15) is 0 Å². The van der Waals surface area contributed by atoms with Crippen LogP contribution >= 0.6 is 0 Å². The Morgan fingerprint density at radius 3 is 2.04 bits per heavy atom. The lowest BCUT2D eigenvalue weighted by molar-refractivity contribution is 0.0647. The summed E-state index contributed by atoms with van der Waals surface area (Å²) >= 11 is 0. The van der Waals surface area contributed by atoms with E-state index in [1.807, 2.05) is 18.2 Å². The first-order valence-electron chi connectivity index (χ1n) is 8.62. The molecule has 0 bridgehead atoms. The molecule has 3 rings (SSSR count). The maximum absolute atomic E-state index is 12.4. The number of carbonyl (C=O) groups is 2. The van der Waals surface area contributed by atoms with E-state index in [1.165, 1.54) is 10.5 Å². The topological polar surface area (TPSA) is 66.6 Å². The molecule has 2 N–H and O–H groups in total. The van der Waals surface area contributed by atoms with Crippen molar-refractivity contribution in [1.82, 2.24) is 9.80 Å². The Hall–Kier alpha value is -2.50. The van der Waals surface area contributed by atoms with E-state index in [2.05, 4.69) is 17.0 Å². The van der Waals surface area contributed by atoms with Gasteiger partial charge in [0.1, 0.15) is 0 Å². The van der Waals surface area contributed by atoms with E-state index in [-0.39, 0.29) is 11.8 Å². The summed E-state index contributed by atoms with van der Waals surface area (Å²) in [5, 5.41) is 0. The minimum atomic E-state index is -0.186. The molecule has 0 spiro atoms. The molecule has 25 heavy (non-hydrogen) atoms. The van der Waals surface area contributed by atoms with Gasteiger partial charge in [-0.25, -0.2) is 0 Å². The lowest BCUT2D eigenvalue weighted by Crippen LogP contribution is -2.35. The number of benzene rings is 2. The van der Waals surface area contributed by atoms with Crippen LogP contribution in [0.4, 0.5) is 0 Å². The van der Waals surface area contributed by atoms with Crippen LogP contribution in [0.1, 0.15) is 32.7 Å². The van der Waals surface area contributed by atoms with Crippen LogP contribution in [0.3, 0.4) is 0 Å². The third-order valence-corrected chi connectivity index (χ3v) is 4.43. The zero-order valence-corrected chi connectivity index (χ0v) is 14.2. The third-order valence-electron chi connectivity index (χ3n) is 4.43. The van der Waals surface area contributed by atoms with Crippen LogP contribution in [0.25, 0.3) is 0 Å². The normalized spacial score (nSPS) is 13.6. The van der Waals surface area contributed by atoms with E-state index in [0.29, 0.717) is 24.2 Å². The zero-order valence-electron chi connectivity index (χ0n) is 14.2. The van der Waals surface area contributed by atoms with Gasteiger partial charge in [-0.05, 0) is 24.1 Å². The molecule has 0 aromatic heterocycles. The molecular formula is C20H23N3O2. The minimum absolute atomic E-state index is 0.186. The van der Waals surface area contributed by atoms with E-state index >= 15 is 0 Å². The van der Waals surface area contributed by atoms with Gasteiger partial charge in [-0.1, -0.05) is 42.5 Å². The Balaban J connectivity index is 1.56. The number of nitrogens with two attached hydrogens (primary N) is 1. The average Bonchev–Trinajstić information content (AvgIpc) is 2.88.